The Morgan fingerprint density at radius 2 is 1.55 bits per heavy atom. The standard InChI is InChI=1S/C22H22N2O4S/c1-27-17-9-5-15(6-10-17)21(24-20(25)14-19-4-3-13-29-19)22(26)23-16-7-11-18(28-2)12-8-16/h3-13,21H,14H2,1-2H3,(H,23,26)(H,24,25)/t21-/m0/s1. The van der Waals surface area contributed by atoms with Crippen LogP contribution in [0.25, 0.3) is 0 Å². The summed E-state index contributed by atoms with van der Waals surface area (Å²) in [6.07, 6.45) is 0.222. The Morgan fingerprint density at radius 3 is 2.10 bits per heavy atom. The monoisotopic (exact) mass is 410 g/mol. The molecule has 0 saturated carbocycles. The van der Waals surface area contributed by atoms with Crippen molar-refractivity contribution in [2.24, 2.45) is 0 Å². The van der Waals surface area contributed by atoms with Gasteiger partial charge in [0.15, 0.2) is 0 Å². The molecule has 2 N–H and O–H groups in total. The first-order chi connectivity index (χ1) is 14.1. The summed E-state index contributed by atoms with van der Waals surface area (Å²) in [7, 11) is 3.15. The van der Waals surface area contributed by atoms with Gasteiger partial charge in [-0.25, -0.2) is 0 Å². The first-order valence-electron chi connectivity index (χ1n) is 8.99. The lowest BCUT2D eigenvalue weighted by Gasteiger charge is -2.19. The molecule has 3 aromatic rings. The number of hydrogen-bond acceptors (Lipinski definition) is 5. The normalized spacial score (nSPS) is 11.4. The minimum Gasteiger partial charge on any atom is -0.497 e. The first kappa shape index (κ1) is 20.4. The fraction of sp³-hybridized carbons (Fsp3) is 0.182. The number of anilines is 1. The van der Waals surface area contributed by atoms with E-state index in [4.69, 9.17) is 9.47 Å². The van der Waals surface area contributed by atoms with Crippen LogP contribution in [0.15, 0.2) is 66.0 Å². The Balaban J connectivity index is 1.77. The van der Waals surface area contributed by atoms with E-state index in [1.54, 1.807) is 62.8 Å². The molecule has 0 saturated heterocycles. The molecule has 0 aliphatic carbocycles. The Labute approximate surface area is 173 Å². The van der Waals surface area contributed by atoms with Crippen LogP contribution in [0, 0.1) is 0 Å². The van der Waals surface area contributed by atoms with Gasteiger partial charge >= 0.3 is 0 Å². The molecule has 2 aromatic carbocycles. The van der Waals surface area contributed by atoms with Gasteiger partial charge in [0.1, 0.15) is 17.5 Å². The summed E-state index contributed by atoms with van der Waals surface area (Å²) in [5.41, 5.74) is 1.28. The van der Waals surface area contributed by atoms with Crippen molar-refractivity contribution >= 4 is 28.8 Å². The Bertz CT molecular complexity index is 938. The highest BCUT2D eigenvalue weighted by Crippen LogP contribution is 2.21. The topological polar surface area (TPSA) is 76.7 Å². The summed E-state index contributed by atoms with van der Waals surface area (Å²) < 4.78 is 10.3. The summed E-state index contributed by atoms with van der Waals surface area (Å²) in [5.74, 6) is 0.810. The maximum atomic E-state index is 13.0. The van der Waals surface area contributed by atoms with Crippen molar-refractivity contribution in [3.05, 3.63) is 76.5 Å². The van der Waals surface area contributed by atoms with Crippen LogP contribution in [-0.2, 0) is 16.0 Å². The maximum absolute atomic E-state index is 13.0. The van der Waals surface area contributed by atoms with Crippen molar-refractivity contribution in [2.45, 2.75) is 12.5 Å². The quantitative estimate of drug-likeness (QED) is 0.592. The second-order valence-electron chi connectivity index (χ2n) is 6.25. The smallest absolute Gasteiger partial charge is 0.251 e. The molecule has 0 bridgehead atoms. The Morgan fingerprint density at radius 1 is 0.931 bits per heavy atom. The molecule has 1 heterocycles. The lowest BCUT2D eigenvalue weighted by molar-refractivity contribution is -0.126. The minimum atomic E-state index is -0.838. The van der Waals surface area contributed by atoms with E-state index >= 15 is 0 Å². The number of amides is 2. The summed E-state index contributed by atoms with van der Waals surface area (Å²) in [6, 6.07) is 17.0. The van der Waals surface area contributed by atoms with Gasteiger partial charge in [-0.2, -0.15) is 0 Å². The molecular formula is C22H22N2O4S. The number of methoxy groups -OCH3 is 2. The molecule has 29 heavy (non-hydrogen) atoms. The second-order valence-corrected chi connectivity index (χ2v) is 7.28. The molecule has 6 nitrogen and oxygen atoms in total. The van der Waals surface area contributed by atoms with Gasteiger partial charge in [-0.1, -0.05) is 18.2 Å². The van der Waals surface area contributed by atoms with Crippen molar-refractivity contribution < 1.29 is 19.1 Å². The number of thiophene rings is 1. The zero-order chi connectivity index (χ0) is 20.6. The number of benzene rings is 2. The largest absolute Gasteiger partial charge is 0.497 e. The molecule has 150 valence electrons. The number of rotatable bonds is 8. The van der Waals surface area contributed by atoms with Crippen LogP contribution in [0.2, 0.25) is 0 Å². The first-order valence-corrected chi connectivity index (χ1v) is 9.87. The van der Waals surface area contributed by atoms with Gasteiger partial charge in [0.25, 0.3) is 5.91 Å². The molecule has 3 rings (SSSR count). The van der Waals surface area contributed by atoms with Crippen LogP contribution < -0.4 is 20.1 Å². The van der Waals surface area contributed by atoms with Crippen LogP contribution in [-0.4, -0.2) is 26.0 Å². The van der Waals surface area contributed by atoms with E-state index in [1.165, 1.54) is 11.3 Å². The third-order valence-electron chi connectivity index (χ3n) is 4.29. The number of carbonyl (C=O) groups excluding carboxylic acids is 2. The molecule has 7 heteroatoms. The van der Waals surface area contributed by atoms with Crippen LogP contribution in [0.3, 0.4) is 0 Å². The number of nitrogens with one attached hydrogen (secondary N) is 2. The molecule has 0 aliphatic heterocycles. The van der Waals surface area contributed by atoms with Crippen molar-refractivity contribution in [3.63, 3.8) is 0 Å². The zero-order valence-corrected chi connectivity index (χ0v) is 17.0. The van der Waals surface area contributed by atoms with Crippen LogP contribution >= 0.6 is 11.3 Å². The van der Waals surface area contributed by atoms with E-state index in [9.17, 15) is 9.59 Å². The van der Waals surface area contributed by atoms with Crippen molar-refractivity contribution in [3.8, 4) is 11.5 Å². The lowest BCUT2D eigenvalue weighted by atomic mass is 10.1. The third kappa shape index (κ3) is 5.58. The van der Waals surface area contributed by atoms with E-state index in [0.717, 1.165) is 4.88 Å². The van der Waals surface area contributed by atoms with Gasteiger partial charge in [-0.3, -0.25) is 9.59 Å². The van der Waals surface area contributed by atoms with E-state index < -0.39 is 6.04 Å². The van der Waals surface area contributed by atoms with Gasteiger partial charge in [0, 0.05) is 10.6 Å². The van der Waals surface area contributed by atoms with Crippen molar-refractivity contribution in [1.29, 1.82) is 0 Å². The average Bonchev–Trinajstić information content (AvgIpc) is 3.25. The molecule has 0 fully saturated rings. The summed E-state index contributed by atoms with van der Waals surface area (Å²) in [6.45, 7) is 0. The summed E-state index contributed by atoms with van der Waals surface area (Å²) in [4.78, 5) is 26.4. The van der Waals surface area contributed by atoms with E-state index in [2.05, 4.69) is 10.6 Å². The van der Waals surface area contributed by atoms with Gasteiger partial charge in [-0.15, -0.1) is 11.3 Å². The number of hydrogen-bond donors (Lipinski definition) is 2. The molecular weight excluding hydrogens is 388 g/mol. The SMILES string of the molecule is COc1ccc(NC(=O)[C@@H](NC(=O)Cc2cccs2)c2ccc(OC)cc2)cc1. The highest BCUT2D eigenvalue weighted by Gasteiger charge is 2.23. The predicted octanol–water partition coefficient (Wildman–Crippen LogP) is 3.80. The van der Waals surface area contributed by atoms with E-state index in [-0.39, 0.29) is 18.2 Å². The van der Waals surface area contributed by atoms with Crippen molar-refractivity contribution in [2.75, 3.05) is 19.5 Å². The molecule has 2 amide bonds. The maximum Gasteiger partial charge on any atom is 0.251 e. The molecule has 1 aromatic heterocycles. The molecule has 0 spiro atoms. The number of ether oxygens (including phenoxy) is 2. The fourth-order valence-electron chi connectivity index (χ4n) is 2.77. The number of carbonyl (C=O) groups is 2. The molecule has 1 atom stereocenters. The van der Waals surface area contributed by atoms with Gasteiger partial charge in [-0.05, 0) is 53.4 Å². The minimum absolute atomic E-state index is 0.222. The van der Waals surface area contributed by atoms with Crippen LogP contribution in [0.4, 0.5) is 5.69 Å². The fourth-order valence-corrected chi connectivity index (χ4v) is 3.47. The molecule has 0 aliphatic rings. The van der Waals surface area contributed by atoms with Gasteiger partial charge in [0.05, 0.1) is 20.6 Å². The lowest BCUT2D eigenvalue weighted by Crippen LogP contribution is -2.37. The van der Waals surface area contributed by atoms with Crippen LogP contribution in [0.1, 0.15) is 16.5 Å². The van der Waals surface area contributed by atoms with E-state index in [1.807, 2.05) is 17.5 Å². The summed E-state index contributed by atoms with van der Waals surface area (Å²) in [5, 5.41) is 7.61. The highest BCUT2D eigenvalue weighted by atomic mass is 32.1. The Kier molecular flexibility index (Phi) is 6.86. The molecule has 0 radical (unpaired) electrons. The molecule has 0 unspecified atom stereocenters. The van der Waals surface area contributed by atoms with Gasteiger partial charge in [0.2, 0.25) is 5.91 Å². The summed E-state index contributed by atoms with van der Waals surface area (Å²) >= 11 is 1.50. The van der Waals surface area contributed by atoms with Crippen molar-refractivity contribution in [1.82, 2.24) is 5.32 Å². The van der Waals surface area contributed by atoms with Crippen LogP contribution in [0.5, 0.6) is 11.5 Å². The Hall–Kier alpha value is -3.32. The van der Waals surface area contributed by atoms with Gasteiger partial charge < -0.3 is 20.1 Å². The zero-order valence-electron chi connectivity index (χ0n) is 16.2. The average molecular weight is 410 g/mol. The van der Waals surface area contributed by atoms with E-state index in [0.29, 0.717) is 22.7 Å². The third-order valence-corrected chi connectivity index (χ3v) is 5.17. The predicted molar refractivity (Wildman–Crippen MR) is 114 cm³/mol. The second kappa shape index (κ2) is 9.75. The highest BCUT2D eigenvalue weighted by molar-refractivity contribution is 7.10.